The number of nitrogens with one attached hydrogen (secondary N) is 1. The molecule has 3 rings (SSSR count). The first kappa shape index (κ1) is 19.2. The lowest BCUT2D eigenvalue weighted by atomic mass is 10.1. The molecular weight excluding hydrogens is 460 g/mol. The Hall–Kier alpha value is -2.60. The molecule has 0 saturated carbocycles. The monoisotopic (exact) mass is 477 g/mol. The summed E-state index contributed by atoms with van der Waals surface area (Å²) in [5, 5.41) is 9.59. The van der Waals surface area contributed by atoms with Crippen LogP contribution in [0.3, 0.4) is 0 Å². The van der Waals surface area contributed by atoms with Gasteiger partial charge < -0.3 is 14.5 Å². The Morgan fingerprint density at radius 3 is 2.74 bits per heavy atom. The molecule has 0 radical (unpaired) electrons. The van der Waals surface area contributed by atoms with Crippen molar-refractivity contribution >= 4 is 45.3 Å². The van der Waals surface area contributed by atoms with Crippen LogP contribution in [0.15, 0.2) is 30.3 Å². The number of hydrogen-bond donors (Lipinski definition) is 1. The van der Waals surface area contributed by atoms with Crippen LogP contribution < -0.4 is 9.47 Å². The zero-order valence-electron chi connectivity index (χ0n) is 14.8. The predicted molar refractivity (Wildman–Crippen MR) is 111 cm³/mol. The second-order valence-electron chi connectivity index (χ2n) is 5.61. The quantitative estimate of drug-likeness (QED) is 0.393. The molecule has 0 aliphatic rings. The van der Waals surface area contributed by atoms with Crippen molar-refractivity contribution in [1.82, 2.24) is 9.97 Å². The van der Waals surface area contributed by atoms with Crippen molar-refractivity contribution in [2.45, 2.75) is 13.8 Å². The predicted octanol–water partition coefficient (Wildman–Crippen LogP) is 5.17. The number of benzene rings is 2. The molecule has 0 unspecified atom stereocenters. The molecule has 1 heterocycles. The van der Waals surface area contributed by atoms with Gasteiger partial charge >= 0.3 is 0 Å². The Bertz CT molecular complexity index is 1050. The number of aromatic amines is 1. The smallest absolute Gasteiger partial charge is 0.174 e. The van der Waals surface area contributed by atoms with E-state index in [2.05, 4.69) is 38.6 Å². The second-order valence-corrected chi connectivity index (χ2v) is 6.77. The number of allylic oxidation sites excluding steroid dienone is 1. The number of fused-ring (bicyclic) bond motifs is 1. The lowest BCUT2D eigenvalue weighted by Gasteiger charge is -2.13. The molecule has 3 aromatic rings. The van der Waals surface area contributed by atoms with Crippen LogP contribution in [-0.4, -0.2) is 23.2 Å². The Morgan fingerprint density at radius 1 is 1.26 bits per heavy atom. The van der Waals surface area contributed by atoms with Crippen LogP contribution in [0, 0.1) is 20.7 Å². The lowest BCUT2D eigenvalue weighted by Crippen LogP contribution is -2.01. The van der Waals surface area contributed by atoms with Crippen molar-refractivity contribution in [1.29, 1.82) is 5.26 Å². The Morgan fingerprint density at radius 2 is 2.04 bits per heavy atom. The number of ether oxygens (including phenoxy) is 2. The molecule has 27 heavy (non-hydrogen) atoms. The fourth-order valence-corrected chi connectivity index (χ4v) is 3.43. The molecular formula is C20H17FIN3O2. The van der Waals surface area contributed by atoms with Crippen LogP contribution >= 0.6 is 22.6 Å². The van der Waals surface area contributed by atoms with Gasteiger partial charge in [0.05, 0.1) is 33.4 Å². The number of aromatic nitrogens is 2. The Balaban J connectivity index is 2.05. The van der Waals surface area contributed by atoms with Crippen molar-refractivity contribution in [2.24, 2.45) is 0 Å². The van der Waals surface area contributed by atoms with Crippen LogP contribution in [0.25, 0.3) is 22.7 Å². The van der Waals surface area contributed by atoms with E-state index in [0.717, 1.165) is 9.13 Å². The lowest BCUT2D eigenvalue weighted by molar-refractivity contribution is 0.286. The van der Waals surface area contributed by atoms with E-state index in [1.54, 1.807) is 12.1 Å². The molecule has 1 N–H and O–H groups in total. The maximum atomic E-state index is 13.4. The Kier molecular flexibility index (Phi) is 5.96. The molecule has 0 aliphatic carbocycles. The largest absolute Gasteiger partial charge is 0.490 e. The highest BCUT2D eigenvalue weighted by molar-refractivity contribution is 14.1. The van der Waals surface area contributed by atoms with E-state index in [0.29, 0.717) is 47.1 Å². The van der Waals surface area contributed by atoms with E-state index in [4.69, 9.17) is 9.47 Å². The van der Waals surface area contributed by atoms with Gasteiger partial charge in [0.1, 0.15) is 17.7 Å². The van der Waals surface area contributed by atoms with E-state index < -0.39 is 0 Å². The van der Waals surface area contributed by atoms with Crippen LogP contribution in [0.1, 0.15) is 25.2 Å². The zero-order valence-corrected chi connectivity index (χ0v) is 17.0. The summed E-state index contributed by atoms with van der Waals surface area (Å²) in [4.78, 5) is 7.37. The SMILES string of the molecule is CCOc1cc(/C=C(/C#N)c2nc3ccc(F)cc3[nH]2)cc(I)c1OCC. The van der Waals surface area contributed by atoms with E-state index in [9.17, 15) is 9.65 Å². The third-order valence-corrected chi connectivity index (χ3v) is 4.55. The van der Waals surface area contributed by atoms with E-state index in [1.807, 2.05) is 26.0 Å². The Labute approximate surface area is 170 Å². The summed E-state index contributed by atoms with van der Waals surface area (Å²) in [5.41, 5.74) is 2.27. The molecule has 0 saturated heterocycles. The summed E-state index contributed by atoms with van der Waals surface area (Å²) in [7, 11) is 0. The van der Waals surface area contributed by atoms with Crippen molar-refractivity contribution in [3.05, 3.63) is 51.1 Å². The van der Waals surface area contributed by atoms with Gasteiger partial charge in [-0.1, -0.05) is 0 Å². The van der Waals surface area contributed by atoms with Gasteiger partial charge in [-0.25, -0.2) is 9.37 Å². The zero-order chi connectivity index (χ0) is 19.4. The van der Waals surface area contributed by atoms with Crippen LogP contribution in [0.4, 0.5) is 4.39 Å². The van der Waals surface area contributed by atoms with Crippen molar-refractivity contribution in [3.8, 4) is 17.6 Å². The fraction of sp³-hybridized carbons (Fsp3) is 0.200. The molecule has 0 spiro atoms. The maximum absolute atomic E-state index is 13.4. The first-order valence-corrected chi connectivity index (χ1v) is 9.50. The molecule has 0 atom stereocenters. The normalized spacial score (nSPS) is 11.4. The molecule has 5 nitrogen and oxygen atoms in total. The number of nitrogens with zero attached hydrogens (tertiary/aromatic N) is 2. The van der Waals surface area contributed by atoms with Gasteiger partial charge in [0, 0.05) is 0 Å². The molecule has 7 heteroatoms. The van der Waals surface area contributed by atoms with Gasteiger partial charge in [-0.2, -0.15) is 5.26 Å². The third-order valence-electron chi connectivity index (χ3n) is 3.75. The van der Waals surface area contributed by atoms with E-state index in [-0.39, 0.29) is 5.82 Å². The molecule has 0 aliphatic heterocycles. The molecule has 1 aromatic heterocycles. The number of hydrogen-bond acceptors (Lipinski definition) is 4. The first-order chi connectivity index (χ1) is 13.0. The van der Waals surface area contributed by atoms with Gasteiger partial charge in [-0.05, 0) is 78.4 Å². The van der Waals surface area contributed by atoms with Gasteiger partial charge in [-0.3, -0.25) is 0 Å². The summed E-state index contributed by atoms with van der Waals surface area (Å²) in [6.45, 7) is 4.85. The fourth-order valence-electron chi connectivity index (χ4n) is 2.65. The molecule has 2 aromatic carbocycles. The van der Waals surface area contributed by atoms with Gasteiger partial charge in [0.25, 0.3) is 0 Å². The summed E-state index contributed by atoms with van der Waals surface area (Å²) >= 11 is 2.18. The molecule has 0 amide bonds. The number of rotatable bonds is 6. The minimum absolute atomic E-state index is 0.342. The summed E-state index contributed by atoms with van der Waals surface area (Å²) < 4.78 is 25.6. The summed E-state index contributed by atoms with van der Waals surface area (Å²) in [6.07, 6.45) is 1.72. The van der Waals surface area contributed by atoms with Crippen molar-refractivity contribution < 1.29 is 13.9 Å². The van der Waals surface area contributed by atoms with Gasteiger partial charge in [0.2, 0.25) is 0 Å². The van der Waals surface area contributed by atoms with Crippen molar-refractivity contribution in [3.63, 3.8) is 0 Å². The minimum Gasteiger partial charge on any atom is -0.490 e. The molecule has 0 bridgehead atoms. The number of H-pyrrole nitrogens is 1. The highest BCUT2D eigenvalue weighted by atomic mass is 127. The van der Waals surface area contributed by atoms with Crippen molar-refractivity contribution in [2.75, 3.05) is 13.2 Å². The maximum Gasteiger partial charge on any atom is 0.174 e. The number of imidazole rings is 1. The average Bonchev–Trinajstić information content (AvgIpc) is 3.05. The van der Waals surface area contributed by atoms with Gasteiger partial charge in [-0.15, -0.1) is 0 Å². The van der Waals surface area contributed by atoms with Crippen LogP contribution in [0.2, 0.25) is 0 Å². The topological polar surface area (TPSA) is 70.9 Å². The molecule has 0 fully saturated rings. The molecule has 138 valence electrons. The average molecular weight is 477 g/mol. The summed E-state index contributed by atoms with van der Waals surface area (Å²) in [5.74, 6) is 1.35. The second kappa shape index (κ2) is 8.39. The minimum atomic E-state index is -0.359. The number of nitriles is 1. The van der Waals surface area contributed by atoms with E-state index in [1.165, 1.54) is 12.1 Å². The number of halogens is 2. The standard InChI is InChI=1S/C20H17FIN3O2/c1-3-26-18-9-12(8-15(22)19(18)27-4-2)7-13(11-23)20-24-16-6-5-14(21)10-17(16)25-20/h5-10H,3-4H2,1-2H3,(H,24,25)/b13-7-. The van der Waals surface area contributed by atoms with Crippen LogP contribution in [-0.2, 0) is 0 Å². The first-order valence-electron chi connectivity index (χ1n) is 8.42. The van der Waals surface area contributed by atoms with Gasteiger partial charge in [0.15, 0.2) is 11.5 Å². The highest BCUT2D eigenvalue weighted by Crippen LogP contribution is 2.35. The highest BCUT2D eigenvalue weighted by Gasteiger charge is 2.13. The van der Waals surface area contributed by atoms with E-state index >= 15 is 0 Å². The van der Waals surface area contributed by atoms with Crippen LogP contribution in [0.5, 0.6) is 11.5 Å². The summed E-state index contributed by atoms with van der Waals surface area (Å²) in [6, 6.07) is 10.2. The third kappa shape index (κ3) is 4.22.